The zero-order valence-corrected chi connectivity index (χ0v) is 15.8. The first kappa shape index (κ1) is 18.2. The molecule has 0 unspecified atom stereocenters. The lowest BCUT2D eigenvalue weighted by Crippen LogP contribution is -2.10. The zero-order chi connectivity index (χ0) is 18.7. The number of ether oxygens (including phenoxy) is 1. The molecule has 134 valence electrons. The minimum Gasteiger partial charge on any atom is -0.455 e. The second-order valence-electron chi connectivity index (χ2n) is 5.37. The van der Waals surface area contributed by atoms with E-state index < -0.39 is 11.8 Å². The average molecular weight is 468 g/mol. The van der Waals surface area contributed by atoms with E-state index in [1.165, 1.54) is 18.2 Å². The topological polar surface area (TPSA) is 109 Å². The summed E-state index contributed by atoms with van der Waals surface area (Å²) in [6, 6.07) is 5.62. The van der Waals surface area contributed by atoms with Crippen LogP contribution in [-0.4, -0.2) is 30.9 Å². The summed E-state index contributed by atoms with van der Waals surface area (Å²) < 4.78 is 21.0. The van der Waals surface area contributed by atoms with Gasteiger partial charge in [0.05, 0.1) is 12.1 Å². The van der Waals surface area contributed by atoms with Crippen molar-refractivity contribution in [2.75, 3.05) is 5.73 Å². The molecule has 2 N–H and O–H groups in total. The Bertz CT molecular complexity index is 962. The van der Waals surface area contributed by atoms with Crippen molar-refractivity contribution < 1.29 is 13.9 Å². The molecule has 0 aliphatic carbocycles. The van der Waals surface area contributed by atoms with Gasteiger partial charge in [0.2, 0.25) is 0 Å². The normalized spacial score (nSPS) is 10.7. The lowest BCUT2D eigenvalue weighted by molar-refractivity contribution is 0.0461. The van der Waals surface area contributed by atoms with Crippen molar-refractivity contribution in [1.29, 1.82) is 0 Å². The first-order valence-electron chi connectivity index (χ1n) is 7.53. The van der Waals surface area contributed by atoms with Crippen LogP contribution in [0.4, 0.5) is 10.2 Å². The van der Waals surface area contributed by atoms with Gasteiger partial charge in [-0.3, -0.25) is 0 Å². The quantitative estimate of drug-likeness (QED) is 0.451. The number of aryl methyl sites for hydroxylation is 1. The Hall–Kier alpha value is -2.63. The highest BCUT2D eigenvalue weighted by Gasteiger charge is 2.17. The number of hydrogen-bond acceptors (Lipinski definition) is 7. The number of anilines is 1. The summed E-state index contributed by atoms with van der Waals surface area (Å²) in [6.45, 7) is 1.96. The van der Waals surface area contributed by atoms with E-state index in [2.05, 4.69) is 20.3 Å². The lowest BCUT2D eigenvalue weighted by Gasteiger charge is -2.06. The van der Waals surface area contributed by atoms with Gasteiger partial charge in [-0.1, -0.05) is 17.3 Å². The first-order chi connectivity index (χ1) is 12.5. The summed E-state index contributed by atoms with van der Waals surface area (Å²) in [4.78, 5) is 20.2. The molecule has 0 aliphatic rings. The summed E-state index contributed by atoms with van der Waals surface area (Å²) in [6.07, 6.45) is 1.63. The van der Waals surface area contributed by atoms with E-state index in [4.69, 9.17) is 10.5 Å². The van der Waals surface area contributed by atoms with Gasteiger partial charge in [0.1, 0.15) is 33.5 Å². The predicted octanol–water partition coefficient (Wildman–Crippen LogP) is 2.11. The van der Waals surface area contributed by atoms with E-state index in [9.17, 15) is 9.18 Å². The molecule has 10 heteroatoms. The van der Waals surface area contributed by atoms with Crippen LogP contribution in [0, 0.1) is 16.4 Å². The molecule has 8 nitrogen and oxygen atoms in total. The van der Waals surface area contributed by atoms with Crippen molar-refractivity contribution >= 4 is 34.4 Å². The molecule has 0 radical (unpaired) electrons. The lowest BCUT2D eigenvalue weighted by atomic mass is 10.2. The third-order valence-electron chi connectivity index (χ3n) is 3.51. The van der Waals surface area contributed by atoms with Gasteiger partial charge < -0.3 is 10.5 Å². The van der Waals surface area contributed by atoms with Gasteiger partial charge in [-0.05, 0) is 41.6 Å². The number of carbonyl (C=O) groups excluding carboxylic acids is 1. The van der Waals surface area contributed by atoms with Crippen molar-refractivity contribution in [2.24, 2.45) is 0 Å². The Labute approximate surface area is 161 Å². The number of aromatic nitrogens is 5. The number of benzene rings is 1. The van der Waals surface area contributed by atoms with Crippen molar-refractivity contribution in [3.05, 3.63) is 62.6 Å². The molecular weight excluding hydrogens is 454 g/mol. The van der Waals surface area contributed by atoms with Crippen LogP contribution in [0.3, 0.4) is 0 Å². The minimum absolute atomic E-state index is 0.120. The summed E-state index contributed by atoms with van der Waals surface area (Å²) in [5.74, 6) is -0.438. The summed E-state index contributed by atoms with van der Waals surface area (Å²) >= 11 is 2.04. The molecule has 0 saturated heterocycles. The number of nitrogens with two attached hydrogens (primary N) is 1. The Morgan fingerprint density at radius 2 is 2.15 bits per heavy atom. The second-order valence-corrected chi connectivity index (χ2v) is 6.39. The van der Waals surface area contributed by atoms with Gasteiger partial charge in [0.25, 0.3) is 0 Å². The molecule has 3 aromatic rings. The second kappa shape index (κ2) is 7.72. The molecule has 1 aromatic carbocycles. The van der Waals surface area contributed by atoms with Crippen LogP contribution in [0.15, 0.2) is 30.5 Å². The Kier molecular flexibility index (Phi) is 5.40. The van der Waals surface area contributed by atoms with Gasteiger partial charge >= 0.3 is 5.97 Å². The van der Waals surface area contributed by atoms with E-state index in [0.717, 1.165) is 0 Å². The molecule has 3 rings (SSSR count). The third-order valence-corrected chi connectivity index (χ3v) is 4.69. The average Bonchev–Trinajstić information content (AvgIpc) is 2.95. The molecule has 0 aliphatic heterocycles. The molecule has 0 spiro atoms. The number of nitrogen functional groups attached to an aromatic ring is 1. The van der Waals surface area contributed by atoms with Crippen molar-refractivity contribution in [2.45, 2.75) is 20.1 Å². The molecule has 2 aromatic heterocycles. The van der Waals surface area contributed by atoms with Crippen LogP contribution < -0.4 is 5.73 Å². The van der Waals surface area contributed by atoms with Crippen molar-refractivity contribution in [3.8, 4) is 0 Å². The van der Waals surface area contributed by atoms with Crippen LogP contribution in [0.5, 0.6) is 0 Å². The number of nitrogens with zero attached hydrogens (tertiary/aromatic N) is 5. The predicted molar refractivity (Wildman–Crippen MR) is 98.5 cm³/mol. The van der Waals surface area contributed by atoms with E-state index in [1.54, 1.807) is 23.9 Å². The van der Waals surface area contributed by atoms with Crippen LogP contribution in [0.25, 0.3) is 0 Å². The van der Waals surface area contributed by atoms with Gasteiger partial charge in [-0.15, -0.1) is 5.10 Å². The van der Waals surface area contributed by atoms with Crippen LogP contribution in [0.1, 0.15) is 27.4 Å². The third kappa shape index (κ3) is 3.95. The standard InChI is InChI=1S/C16H14FIN6O2/c1-9-20-6-10(15(19)21-9)7-24-14(18)13(22-23-24)8-26-16(25)11-4-2-3-5-12(11)17/h2-6H,7-8H2,1H3,(H2,19,20,21). The fourth-order valence-electron chi connectivity index (χ4n) is 2.16. The number of hydrogen-bond donors (Lipinski definition) is 1. The van der Waals surface area contributed by atoms with Crippen molar-refractivity contribution in [3.63, 3.8) is 0 Å². The first-order valence-corrected chi connectivity index (χ1v) is 8.61. The molecule has 0 fully saturated rings. The van der Waals surface area contributed by atoms with Crippen LogP contribution in [-0.2, 0) is 17.9 Å². The SMILES string of the molecule is Cc1ncc(Cn2nnc(COC(=O)c3ccccc3F)c2I)c(N)n1. The maximum Gasteiger partial charge on any atom is 0.341 e. The molecule has 0 bridgehead atoms. The summed E-state index contributed by atoms with van der Waals surface area (Å²) in [7, 11) is 0. The monoisotopic (exact) mass is 468 g/mol. The van der Waals surface area contributed by atoms with Gasteiger partial charge in [-0.2, -0.15) is 0 Å². The highest BCUT2D eigenvalue weighted by Crippen LogP contribution is 2.16. The largest absolute Gasteiger partial charge is 0.455 e. The van der Waals surface area contributed by atoms with Gasteiger partial charge in [0, 0.05) is 11.8 Å². The highest BCUT2D eigenvalue weighted by atomic mass is 127. The van der Waals surface area contributed by atoms with E-state index in [1.807, 2.05) is 22.6 Å². The summed E-state index contributed by atoms with van der Waals surface area (Å²) in [5, 5.41) is 8.03. The number of halogens is 2. The van der Waals surface area contributed by atoms with Crippen LogP contribution in [0.2, 0.25) is 0 Å². The highest BCUT2D eigenvalue weighted by molar-refractivity contribution is 14.1. The molecule has 0 amide bonds. The molecule has 2 heterocycles. The molecule has 0 atom stereocenters. The fourth-order valence-corrected chi connectivity index (χ4v) is 2.69. The Morgan fingerprint density at radius 3 is 2.88 bits per heavy atom. The minimum atomic E-state index is -0.760. The zero-order valence-electron chi connectivity index (χ0n) is 13.7. The molecule has 26 heavy (non-hydrogen) atoms. The Morgan fingerprint density at radius 1 is 1.38 bits per heavy atom. The number of rotatable bonds is 5. The number of carbonyl (C=O) groups is 1. The summed E-state index contributed by atoms with van der Waals surface area (Å²) in [5.41, 5.74) is 6.92. The van der Waals surface area contributed by atoms with E-state index in [-0.39, 0.29) is 12.2 Å². The van der Waals surface area contributed by atoms with Gasteiger partial charge in [-0.25, -0.2) is 23.8 Å². The van der Waals surface area contributed by atoms with E-state index in [0.29, 0.717) is 33.1 Å². The number of esters is 1. The maximum absolute atomic E-state index is 13.6. The van der Waals surface area contributed by atoms with Crippen LogP contribution >= 0.6 is 22.6 Å². The fraction of sp³-hybridized carbons (Fsp3) is 0.188. The van der Waals surface area contributed by atoms with Gasteiger partial charge in [0.15, 0.2) is 0 Å². The molecule has 0 saturated carbocycles. The molecular formula is C16H14FIN6O2. The Balaban J connectivity index is 1.69. The smallest absolute Gasteiger partial charge is 0.341 e. The van der Waals surface area contributed by atoms with Crippen molar-refractivity contribution in [1.82, 2.24) is 25.0 Å². The van der Waals surface area contributed by atoms with E-state index >= 15 is 0 Å². The maximum atomic E-state index is 13.6.